The van der Waals surface area contributed by atoms with Gasteiger partial charge in [-0.1, -0.05) is 36.4 Å². The molecule has 1 saturated carbocycles. The Morgan fingerprint density at radius 2 is 1.83 bits per heavy atom. The Bertz CT molecular complexity index is 1490. The lowest BCUT2D eigenvalue weighted by atomic mass is 9.99. The molecular formula is C27H22F2N2O3S. The molecule has 5 nitrogen and oxygen atoms in total. The number of rotatable bonds is 8. The fourth-order valence-electron chi connectivity index (χ4n) is 4.45. The first-order chi connectivity index (χ1) is 16.8. The first kappa shape index (κ1) is 23.2. The molecule has 0 spiro atoms. The number of carbonyl (C=O) groups is 1. The first-order valence-electron chi connectivity index (χ1n) is 11.2. The van der Waals surface area contributed by atoms with E-state index in [2.05, 4.69) is 9.97 Å². The van der Waals surface area contributed by atoms with Crippen LogP contribution in [0, 0.1) is 5.92 Å². The van der Waals surface area contributed by atoms with Crippen molar-refractivity contribution in [2.75, 3.05) is 0 Å². The van der Waals surface area contributed by atoms with Crippen molar-refractivity contribution in [2.45, 2.75) is 35.8 Å². The lowest BCUT2D eigenvalue weighted by molar-refractivity contribution is -0.119. The van der Waals surface area contributed by atoms with Crippen molar-refractivity contribution in [3.8, 4) is 0 Å². The standard InChI is InChI=1S/C27H22F2N2O3S/c28-27(29)25-15-30-14-19-5-4-17(11-22(19)25)12-26(32)24-13-23(24)18-6-8-21(9-7-18)35(33,34)16-20-3-1-2-10-31-20/h1-11,14-15,23-24,27H,12-13,16H2/t23?,24-/m1/s1. The molecule has 178 valence electrons. The van der Waals surface area contributed by atoms with Gasteiger partial charge in [-0.2, -0.15) is 0 Å². The maximum atomic E-state index is 13.3. The molecule has 0 amide bonds. The second-order valence-electron chi connectivity index (χ2n) is 8.83. The largest absolute Gasteiger partial charge is 0.299 e. The van der Waals surface area contributed by atoms with E-state index in [0.29, 0.717) is 28.5 Å². The van der Waals surface area contributed by atoms with E-state index in [1.165, 1.54) is 6.20 Å². The van der Waals surface area contributed by atoms with E-state index in [4.69, 9.17) is 0 Å². The highest BCUT2D eigenvalue weighted by Crippen LogP contribution is 2.48. The van der Waals surface area contributed by atoms with Crippen LogP contribution in [0.5, 0.6) is 0 Å². The fourth-order valence-corrected chi connectivity index (χ4v) is 5.73. The van der Waals surface area contributed by atoms with Gasteiger partial charge >= 0.3 is 0 Å². The molecule has 0 N–H and O–H groups in total. The van der Waals surface area contributed by atoms with Crippen molar-refractivity contribution in [3.05, 3.63) is 102 Å². The lowest BCUT2D eigenvalue weighted by Crippen LogP contribution is -2.07. The summed E-state index contributed by atoms with van der Waals surface area (Å²) in [7, 11) is -3.52. The Hall–Kier alpha value is -3.52. The van der Waals surface area contributed by atoms with Crippen LogP contribution in [-0.4, -0.2) is 24.2 Å². The van der Waals surface area contributed by atoms with E-state index in [1.54, 1.807) is 66.9 Å². The molecule has 1 aliphatic carbocycles. The van der Waals surface area contributed by atoms with Crippen LogP contribution in [0.3, 0.4) is 0 Å². The van der Waals surface area contributed by atoms with Crippen LogP contribution >= 0.6 is 0 Å². The third kappa shape index (κ3) is 4.98. The van der Waals surface area contributed by atoms with Crippen LogP contribution in [0.25, 0.3) is 10.8 Å². The number of carbonyl (C=O) groups excluding carboxylic acids is 1. The quantitative estimate of drug-likeness (QED) is 0.327. The molecule has 4 aromatic rings. The summed E-state index contributed by atoms with van der Waals surface area (Å²) >= 11 is 0. The smallest absolute Gasteiger partial charge is 0.265 e. The summed E-state index contributed by atoms with van der Waals surface area (Å²) < 4.78 is 52.0. The van der Waals surface area contributed by atoms with Crippen molar-refractivity contribution in [2.24, 2.45) is 5.92 Å². The maximum Gasteiger partial charge on any atom is 0.265 e. The average molecular weight is 493 g/mol. The van der Waals surface area contributed by atoms with Gasteiger partial charge in [0.15, 0.2) is 9.84 Å². The molecule has 35 heavy (non-hydrogen) atoms. The zero-order chi connectivity index (χ0) is 24.6. The molecule has 2 aromatic carbocycles. The number of pyridine rings is 2. The molecule has 1 unspecified atom stereocenters. The Morgan fingerprint density at radius 3 is 2.54 bits per heavy atom. The predicted octanol–water partition coefficient (Wildman–Crippen LogP) is 5.46. The van der Waals surface area contributed by atoms with Crippen LogP contribution in [0.4, 0.5) is 8.78 Å². The van der Waals surface area contributed by atoms with Crippen molar-refractivity contribution in [1.29, 1.82) is 0 Å². The van der Waals surface area contributed by atoms with Crippen molar-refractivity contribution >= 4 is 26.4 Å². The lowest BCUT2D eigenvalue weighted by Gasteiger charge is -2.08. The van der Waals surface area contributed by atoms with Crippen LogP contribution in [0.1, 0.15) is 41.1 Å². The minimum absolute atomic E-state index is 0.0383. The summed E-state index contributed by atoms with van der Waals surface area (Å²) in [6.45, 7) is 0. The summed E-state index contributed by atoms with van der Waals surface area (Å²) in [4.78, 5) is 21.0. The van der Waals surface area contributed by atoms with Gasteiger partial charge < -0.3 is 0 Å². The number of hydrogen-bond donors (Lipinski definition) is 0. The summed E-state index contributed by atoms with van der Waals surface area (Å²) in [5.41, 5.74) is 1.95. The van der Waals surface area contributed by atoms with Crippen LogP contribution in [0.2, 0.25) is 0 Å². The summed E-state index contributed by atoms with van der Waals surface area (Å²) in [6, 6.07) is 17.0. The van der Waals surface area contributed by atoms with E-state index in [0.717, 1.165) is 11.8 Å². The molecule has 2 heterocycles. The second kappa shape index (κ2) is 9.26. The van der Waals surface area contributed by atoms with Gasteiger partial charge in [-0.3, -0.25) is 14.8 Å². The molecule has 2 atom stereocenters. The predicted molar refractivity (Wildman–Crippen MR) is 128 cm³/mol. The molecule has 0 bridgehead atoms. The zero-order valence-corrected chi connectivity index (χ0v) is 19.5. The minimum Gasteiger partial charge on any atom is -0.299 e. The Kier molecular flexibility index (Phi) is 6.15. The topological polar surface area (TPSA) is 77.0 Å². The van der Waals surface area contributed by atoms with Gasteiger partial charge in [-0.05, 0) is 53.1 Å². The van der Waals surface area contributed by atoms with Crippen molar-refractivity contribution in [1.82, 2.24) is 9.97 Å². The molecule has 5 rings (SSSR count). The number of aromatic nitrogens is 2. The Morgan fingerprint density at radius 1 is 1.03 bits per heavy atom. The van der Waals surface area contributed by atoms with Gasteiger partial charge in [-0.25, -0.2) is 17.2 Å². The molecule has 0 saturated heterocycles. The van der Waals surface area contributed by atoms with Gasteiger partial charge in [0.2, 0.25) is 0 Å². The third-order valence-corrected chi connectivity index (χ3v) is 8.07. The molecular weight excluding hydrogens is 470 g/mol. The fraction of sp³-hybridized carbons (Fsp3) is 0.222. The number of benzene rings is 2. The normalized spacial score (nSPS) is 17.6. The third-order valence-electron chi connectivity index (χ3n) is 6.40. The molecule has 1 fully saturated rings. The number of ketones is 1. The van der Waals surface area contributed by atoms with E-state index in [1.807, 2.05) is 0 Å². The molecule has 0 radical (unpaired) electrons. The maximum absolute atomic E-state index is 13.3. The number of Topliss-reactive ketones (excluding diaryl/α,β-unsaturated/α-hetero) is 1. The van der Waals surface area contributed by atoms with Crippen molar-refractivity contribution < 1.29 is 22.0 Å². The number of alkyl halides is 2. The number of sulfone groups is 1. The average Bonchev–Trinajstić information content (AvgIpc) is 3.65. The molecule has 8 heteroatoms. The highest BCUT2D eigenvalue weighted by Gasteiger charge is 2.43. The summed E-state index contributed by atoms with van der Waals surface area (Å²) in [5, 5.41) is 1.02. The Labute approximate surface area is 201 Å². The number of fused-ring (bicyclic) bond motifs is 1. The molecule has 0 aliphatic heterocycles. The number of nitrogens with zero attached hydrogens (tertiary/aromatic N) is 2. The van der Waals surface area contributed by atoms with Crippen molar-refractivity contribution in [3.63, 3.8) is 0 Å². The van der Waals surface area contributed by atoms with E-state index < -0.39 is 16.3 Å². The first-order valence-corrected chi connectivity index (χ1v) is 12.9. The number of hydrogen-bond acceptors (Lipinski definition) is 5. The zero-order valence-electron chi connectivity index (χ0n) is 18.6. The van der Waals surface area contributed by atoms with E-state index in [-0.39, 0.29) is 40.3 Å². The monoisotopic (exact) mass is 492 g/mol. The Balaban J connectivity index is 1.26. The second-order valence-corrected chi connectivity index (χ2v) is 10.8. The summed E-state index contributed by atoms with van der Waals surface area (Å²) in [6.07, 6.45) is 2.47. The van der Waals surface area contributed by atoms with Gasteiger partial charge in [-0.15, -0.1) is 0 Å². The van der Waals surface area contributed by atoms with Gasteiger partial charge in [0.05, 0.1) is 16.3 Å². The van der Waals surface area contributed by atoms with Crippen LogP contribution in [-0.2, 0) is 26.8 Å². The minimum atomic E-state index is -3.52. The highest BCUT2D eigenvalue weighted by molar-refractivity contribution is 7.90. The molecule has 2 aromatic heterocycles. The van der Waals surface area contributed by atoms with Gasteiger partial charge in [0.1, 0.15) is 5.78 Å². The van der Waals surface area contributed by atoms with E-state index >= 15 is 0 Å². The number of halogens is 2. The summed E-state index contributed by atoms with van der Waals surface area (Å²) in [5.74, 6) is -0.244. The van der Waals surface area contributed by atoms with Crippen LogP contribution < -0.4 is 0 Å². The van der Waals surface area contributed by atoms with Gasteiger partial charge in [0.25, 0.3) is 6.43 Å². The molecule has 1 aliphatic rings. The SMILES string of the molecule is O=C(Cc1ccc2cncc(C(F)F)c2c1)[C@@H]1CC1c1ccc(S(=O)(=O)Cc2ccccn2)cc1. The van der Waals surface area contributed by atoms with Crippen LogP contribution in [0.15, 0.2) is 84.1 Å². The van der Waals surface area contributed by atoms with E-state index in [9.17, 15) is 22.0 Å². The van der Waals surface area contributed by atoms with Gasteiger partial charge in [0, 0.05) is 41.9 Å². The highest BCUT2D eigenvalue weighted by atomic mass is 32.2.